The number of aryl methyl sites for hydroxylation is 1. The highest BCUT2D eigenvalue weighted by atomic mass is 17.0. The van der Waals surface area contributed by atoms with Gasteiger partial charge in [0.2, 0.25) is 0 Å². The van der Waals surface area contributed by atoms with E-state index in [4.69, 9.17) is 4.79 Å². The molecule has 0 aliphatic carbocycles. The molecule has 24 heavy (non-hydrogen) atoms. The minimum atomic E-state index is -0.833. The third kappa shape index (κ3) is 14.6. The molecule has 8 nitrogen and oxygen atoms in total. The van der Waals surface area contributed by atoms with Crippen molar-refractivity contribution in [2.45, 2.75) is 58.3 Å². The van der Waals surface area contributed by atoms with Gasteiger partial charge in [-0.1, -0.05) is 63.6 Å². The second-order valence-corrected chi connectivity index (χ2v) is 5.20. The summed E-state index contributed by atoms with van der Waals surface area (Å²) in [5, 5.41) is 9.63. The molecule has 1 rings (SSSR count). The molecule has 0 unspecified atom stereocenters. The van der Waals surface area contributed by atoms with Crippen LogP contribution in [0.25, 0.3) is 0 Å². The number of nitrogens with zero attached hydrogens (tertiary/aromatic N) is 1. The molecule has 0 aromatic heterocycles. The average Bonchev–Trinajstić information content (AvgIpc) is 2.47. The van der Waals surface area contributed by atoms with Gasteiger partial charge >= 0.3 is 6.03 Å². The molecule has 0 bridgehead atoms. The Bertz CT molecular complexity index is 465. The third-order valence-corrected chi connectivity index (χ3v) is 3.20. The number of rotatable bonds is 10. The molecule has 1 aromatic carbocycles. The molecule has 0 saturated heterocycles. The van der Waals surface area contributed by atoms with Gasteiger partial charge in [-0.2, -0.15) is 0 Å². The summed E-state index contributed by atoms with van der Waals surface area (Å²) in [6, 6.07) is 6.37. The Morgan fingerprint density at radius 2 is 1.58 bits per heavy atom. The van der Waals surface area contributed by atoms with E-state index in [2.05, 4.69) is 23.2 Å². The lowest BCUT2D eigenvalue weighted by Crippen LogP contribution is -2.18. The summed E-state index contributed by atoms with van der Waals surface area (Å²) in [6.45, 7) is 2.21. The number of urea groups is 1. The standard InChI is InChI=1S/C15H23NO3.CH4N2O.H3N/c1-2-3-4-5-6-7-8-11-14-12-9-10-13-15(14)19-16(17)18;2-1(3)4;/h9-10,12-13H,2-8,11H2,1H3;(H4,2,3,4);1H3. The van der Waals surface area contributed by atoms with E-state index in [1.807, 2.05) is 12.1 Å². The number of unbranched alkanes of at least 4 members (excludes halogenated alkanes) is 6. The molecule has 8 heteroatoms. The van der Waals surface area contributed by atoms with Crippen LogP contribution in [0.4, 0.5) is 4.79 Å². The topological polar surface area (TPSA) is 156 Å². The second-order valence-electron chi connectivity index (χ2n) is 5.20. The number of amides is 2. The third-order valence-electron chi connectivity index (χ3n) is 3.20. The van der Waals surface area contributed by atoms with E-state index >= 15 is 0 Å². The molecule has 0 saturated carbocycles. The largest absolute Gasteiger partial charge is 0.352 e. The number of carbonyl (C=O) groups is 1. The number of benzene rings is 1. The summed E-state index contributed by atoms with van der Waals surface area (Å²) >= 11 is 0. The van der Waals surface area contributed by atoms with Crippen LogP contribution in [-0.2, 0) is 6.42 Å². The molecular weight excluding hydrogens is 312 g/mol. The number of carbonyl (C=O) groups excluding carboxylic acids is 1. The maximum Gasteiger partial charge on any atom is 0.309 e. The number of primary amides is 2. The van der Waals surface area contributed by atoms with Crippen LogP contribution in [0.2, 0.25) is 0 Å². The Balaban J connectivity index is 0. The van der Waals surface area contributed by atoms with Gasteiger partial charge in [-0.3, -0.25) is 4.84 Å². The molecule has 0 heterocycles. The van der Waals surface area contributed by atoms with Crippen LogP contribution in [0, 0.1) is 10.1 Å². The zero-order valence-electron chi connectivity index (χ0n) is 14.4. The highest BCUT2D eigenvalue weighted by molar-refractivity contribution is 5.69. The van der Waals surface area contributed by atoms with Crippen molar-refractivity contribution in [2.24, 2.45) is 11.5 Å². The van der Waals surface area contributed by atoms with Gasteiger partial charge in [-0.05, 0) is 24.5 Å². The first-order valence-corrected chi connectivity index (χ1v) is 7.92. The lowest BCUT2D eigenvalue weighted by Gasteiger charge is -2.07. The molecule has 0 aliphatic heterocycles. The summed E-state index contributed by atoms with van der Waals surface area (Å²) in [5.74, 6) is 0.374. The van der Waals surface area contributed by atoms with Gasteiger partial charge in [0.05, 0.1) is 0 Å². The van der Waals surface area contributed by atoms with E-state index in [9.17, 15) is 10.1 Å². The Morgan fingerprint density at radius 3 is 2.12 bits per heavy atom. The zero-order valence-corrected chi connectivity index (χ0v) is 14.4. The van der Waals surface area contributed by atoms with Crippen molar-refractivity contribution >= 4 is 6.03 Å². The zero-order chi connectivity index (χ0) is 17.5. The van der Waals surface area contributed by atoms with Crippen molar-refractivity contribution < 1.29 is 14.7 Å². The Kier molecular flexibility index (Phi) is 15.5. The summed E-state index contributed by atoms with van der Waals surface area (Å²) in [7, 11) is 0. The Hall–Kier alpha value is -2.35. The highest BCUT2D eigenvalue weighted by Crippen LogP contribution is 2.20. The minimum Gasteiger partial charge on any atom is -0.352 e. The van der Waals surface area contributed by atoms with Crippen LogP contribution in [-0.4, -0.2) is 11.1 Å². The van der Waals surface area contributed by atoms with E-state index in [-0.39, 0.29) is 6.15 Å². The first-order chi connectivity index (χ1) is 11.0. The fourth-order valence-electron chi connectivity index (χ4n) is 2.15. The number of hydrogen-bond donors (Lipinski definition) is 3. The van der Waals surface area contributed by atoms with Crippen LogP contribution >= 0.6 is 0 Å². The smallest absolute Gasteiger partial charge is 0.309 e. The summed E-state index contributed by atoms with van der Waals surface area (Å²) in [4.78, 5) is 24.0. The Labute approximate surface area is 143 Å². The fourth-order valence-corrected chi connectivity index (χ4v) is 2.15. The van der Waals surface area contributed by atoms with E-state index < -0.39 is 11.1 Å². The van der Waals surface area contributed by atoms with Crippen molar-refractivity contribution in [3.63, 3.8) is 0 Å². The molecule has 2 amide bonds. The Morgan fingerprint density at radius 1 is 1.08 bits per heavy atom. The number of para-hydroxylation sites is 1. The quantitative estimate of drug-likeness (QED) is 0.335. The SMILES string of the molecule is CCCCCCCCCc1ccccc1O[N+](=O)[O-].N.NC(N)=O. The molecule has 0 radical (unpaired) electrons. The van der Waals surface area contributed by atoms with E-state index in [1.54, 1.807) is 12.1 Å². The predicted octanol–water partition coefficient (Wildman–Crippen LogP) is 3.74. The fraction of sp³-hybridized carbons (Fsp3) is 0.562. The number of hydrogen-bond acceptors (Lipinski definition) is 5. The first kappa shape index (κ1) is 23.9. The van der Waals surface area contributed by atoms with Crippen molar-refractivity contribution in [2.75, 3.05) is 0 Å². The lowest BCUT2D eigenvalue weighted by molar-refractivity contribution is -0.711. The van der Waals surface area contributed by atoms with Crippen molar-refractivity contribution in [1.82, 2.24) is 6.15 Å². The summed E-state index contributed by atoms with van der Waals surface area (Å²) < 4.78 is 0. The maximum absolute atomic E-state index is 10.4. The molecule has 7 N–H and O–H groups in total. The highest BCUT2D eigenvalue weighted by Gasteiger charge is 2.05. The molecule has 0 fully saturated rings. The second kappa shape index (κ2) is 15.5. The van der Waals surface area contributed by atoms with Crippen LogP contribution in [0.5, 0.6) is 5.75 Å². The van der Waals surface area contributed by atoms with Gasteiger partial charge in [-0.15, -0.1) is 10.1 Å². The maximum atomic E-state index is 10.4. The molecule has 1 aromatic rings. The van der Waals surface area contributed by atoms with Gasteiger partial charge in [0.15, 0.2) is 0 Å². The normalized spacial score (nSPS) is 9.21. The number of nitrogens with two attached hydrogens (primary N) is 2. The van der Waals surface area contributed by atoms with Gasteiger partial charge in [0, 0.05) is 0 Å². The van der Waals surface area contributed by atoms with E-state index in [1.165, 1.54) is 38.5 Å². The summed E-state index contributed by atoms with van der Waals surface area (Å²) in [5.41, 5.74) is 9.42. The lowest BCUT2D eigenvalue weighted by atomic mass is 10.0. The average molecular weight is 342 g/mol. The first-order valence-electron chi connectivity index (χ1n) is 7.92. The van der Waals surface area contributed by atoms with Crippen LogP contribution < -0.4 is 22.5 Å². The molecule has 0 atom stereocenters. The van der Waals surface area contributed by atoms with Gasteiger partial charge in [-0.25, -0.2) is 4.79 Å². The molecular formula is C16H30N4O4. The van der Waals surface area contributed by atoms with Crippen LogP contribution in [0.15, 0.2) is 24.3 Å². The monoisotopic (exact) mass is 342 g/mol. The predicted molar refractivity (Wildman–Crippen MR) is 94.6 cm³/mol. The van der Waals surface area contributed by atoms with Gasteiger partial charge < -0.3 is 17.6 Å². The van der Waals surface area contributed by atoms with Gasteiger partial charge in [0.25, 0.3) is 5.09 Å². The van der Waals surface area contributed by atoms with E-state index in [0.717, 1.165) is 18.4 Å². The van der Waals surface area contributed by atoms with Crippen molar-refractivity contribution in [1.29, 1.82) is 0 Å². The van der Waals surface area contributed by atoms with Crippen LogP contribution in [0.1, 0.15) is 57.4 Å². The van der Waals surface area contributed by atoms with Crippen LogP contribution in [0.3, 0.4) is 0 Å². The summed E-state index contributed by atoms with van der Waals surface area (Å²) in [6.07, 6.45) is 9.53. The van der Waals surface area contributed by atoms with Gasteiger partial charge in [0.1, 0.15) is 5.75 Å². The van der Waals surface area contributed by atoms with E-state index in [0.29, 0.717) is 5.75 Å². The molecule has 0 aliphatic rings. The van der Waals surface area contributed by atoms with Crippen molar-refractivity contribution in [3.8, 4) is 5.75 Å². The molecule has 138 valence electrons. The molecule has 0 spiro atoms. The van der Waals surface area contributed by atoms with Crippen molar-refractivity contribution in [3.05, 3.63) is 39.9 Å². The minimum absolute atomic E-state index is 0.